The van der Waals surface area contributed by atoms with Crippen LogP contribution in [0.3, 0.4) is 0 Å². The summed E-state index contributed by atoms with van der Waals surface area (Å²) in [7, 11) is 0. The van der Waals surface area contributed by atoms with Crippen LogP contribution in [0.15, 0.2) is 0 Å². The quantitative estimate of drug-likeness (QED) is 0.808. The maximum Gasteiger partial charge on any atom is 0.402 e. The second kappa shape index (κ2) is 4.68. The third-order valence-corrected chi connectivity index (χ3v) is 4.21. The Balaban J connectivity index is 2.06. The van der Waals surface area contributed by atoms with Crippen LogP contribution in [0.1, 0.15) is 32.1 Å². The van der Waals surface area contributed by atoms with Crippen LogP contribution >= 0.6 is 0 Å². The smallest absolute Gasteiger partial charge is 0.315 e. The molecule has 2 fully saturated rings. The molecule has 0 aromatic rings. The number of halogens is 5. The Morgan fingerprint density at radius 2 is 1.95 bits per heavy atom. The number of nitrogens with one attached hydrogen (secondary N) is 1. The van der Waals surface area contributed by atoms with Crippen LogP contribution in [0.2, 0.25) is 0 Å². The molecule has 2 atom stereocenters. The van der Waals surface area contributed by atoms with Crippen molar-refractivity contribution >= 4 is 5.78 Å². The van der Waals surface area contributed by atoms with E-state index in [9.17, 15) is 26.7 Å². The fourth-order valence-corrected chi connectivity index (χ4v) is 3.00. The molecule has 1 heterocycles. The Bertz CT molecular complexity index is 360. The number of carbonyl (C=O) groups is 1. The molecule has 19 heavy (non-hydrogen) atoms. The minimum atomic E-state index is -4.62. The van der Waals surface area contributed by atoms with Gasteiger partial charge in [0, 0.05) is 25.8 Å². The molecule has 0 amide bonds. The molecular weight excluding hydrogens is 269 g/mol. The average Bonchev–Trinajstić information content (AvgIpc) is 2.84. The number of carbonyl (C=O) groups excluding carboxylic acids is 1. The Hall–Kier alpha value is -0.720. The van der Waals surface area contributed by atoms with Gasteiger partial charge in [-0.15, -0.1) is 0 Å². The van der Waals surface area contributed by atoms with E-state index in [4.69, 9.17) is 0 Å². The van der Waals surface area contributed by atoms with E-state index in [1.54, 1.807) is 0 Å². The van der Waals surface area contributed by atoms with Gasteiger partial charge in [0.15, 0.2) is 0 Å². The first-order valence-electron chi connectivity index (χ1n) is 6.35. The first kappa shape index (κ1) is 14.7. The molecule has 1 aliphatic heterocycles. The second-order valence-electron chi connectivity index (χ2n) is 5.60. The van der Waals surface area contributed by atoms with Crippen LogP contribution in [0.5, 0.6) is 0 Å². The van der Waals surface area contributed by atoms with Gasteiger partial charge in [-0.1, -0.05) is 0 Å². The molecule has 110 valence electrons. The third kappa shape index (κ3) is 2.75. The molecule has 1 saturated heterocycles. The van der Waals surface area contributed by atoms with Crippen molar-refractivity contribution in [2.75, 3.05) is 13.1 Å². The zero-order valence-corrected chi connectivity index (χ0v) is 10.3. The van der Waals surface area contributed by atoms with Crippen molar-refractivity contribution in [1.29, 1.82) is 0 Å². The Labute approximate surface area is 107 Å². The second-order valence-corrected chi connectivity index (χ2v) is 5.60. The van der Waals surface area contributed by atoms with E-state index in [0.29, 0.717) is 0 Å². The molecule has 1 saturated carbocycles. The molecule has 2 aliphatic rings. The highest BCUT2D eigenvalue weighted by Gasteiger charge is 2.61. The summed E-state index contributed by atoms with van der Waals surface area (Å²) >= 11 is 0. The Morgan fingerprint density at radius 1 is 1.26 bits per heavy atom. The predicted octanol–water partition coefficient (Wildman–Crippen LogP) is 2.92. The maximum absolute atomic E-state index is 13.1. The minimum Gasteiger partial charge on any atom is -0.315 e. The first-order chi connectivity index (χ1) is 8.66. The van der Waals surface area contributed by atoms with Crippen molar-refractivity contribution in [3.8, 4) is 0 Å². The summed E-state index contributed by atoms with van der Waals surface area (Å²) in [4.78, 5) is 12.0. The number of ketones is 1. The summed E-state index contributed by atoms with van der Waals surface area (Å²) in [6.07, 6.45) is -5.98. The summed E-state index contributed by atoms with van der Waals surface area (Å²) in [6, 6.07) is 0. The van der Waals surface area contributed by atoms with E-state index < -0.39 is 48.6 Å². The van der Waals surface area contributed by atoms with Crippen molar-refractivity contribution in [2.24, 2.45) is 11.3 Å². The molecule has 0 radical (unpaired) electrons. The van der Waals surface area contributed by atoms with E-state index >= 15 is 0 Å². The van der Waals surface area contributed by atoms with Crippen LogP contribution in [0.4, 0.5) is 22.0 Å². The molecule has 0 aromatic heterocycles. The highest BCUT2D eigenvalue weighted by atomic mass is 19.4. The molecular formula is C12H16F5NO. The van der Waals surface area contributed by atoms with Gasteiger partial charge in [0.1, 0.15) is 11.2 Å². The van der Waals surface area contributed by atoms with Crippen molar-refractivity contribution in [1.82, 2.24) is 5.32 Å². The minimum absolute atomic E-state index is 0.125. The van der Waals surface area contributed by atoms with Gasteiger partial charge in [-0.3, -0.25) is 4.79 Å². The highest BCUT2D eigenvalue weighted by Crippen LogP contribution is 2.47. The lowest BCUT2D eigenvalue weighted by atomic mass is 9.78. The fourth-order valence-electron chi connectivity index (χ4n) is 3.00. The molecule has 2 nitrogen and oxygen atoms in total. The fraction of sp³-hybridized carbons (Fsp3) is 0.917. The van der Waals surface area contributed by atoms with E-state index in [1.807, 2.05) is 0 Å². The largest absolute Gasteiger partial charge is 0.402 e. The van der Waals surface area contributed by atoms with Crippen LogP contribution < -0.4 is 5.32 Å². The van der Waals surface area contributed by atoms with Crippen LogP contribution in [0.25, 0.3) is 0 Å². The molecule has 0 spiro atoms. The van der Waals surface area contributed by atoms with Gasteiger partial charge in [-0.2, -0.15) is 13.2 Å². The number of hydrogen-bond acceptors (Lipinski definition) is 2. The van der Waals surface area contributed by atoms with E-state index in [0.717, 1.165) is 0 Å². The number of alkyl halides is 5. The summed E-state index contributed by atoms with van der Waals surface area (Å²) < 4.78 is 65.3. The number of hydrogen-bond donors (Lipinski definition) is 1. The Kier molecular flexibility index (Phi) is 3.62. The molecule has 7 heteroatoms. The normalized spacial score (nSPS) is 34.7. The zero-order valence-electron chi connectivity index (χ0n) is 10.3. The lowest BCUT2D eigenvalue weighted by molar-refractivity contribution is -0.215. The van der Waals surface area contributed by atoms with Gasteiger partial charge in [-0.25, -0.2) is 8.78 Å². The summed E-state index contributed by atoms with van der Waals surface area (Å²) in [6.45, 7) is -0.301. The highest BCUT2D eigenvalue weighted by molar-refractivity contribution is 5.86. The molecule has 2 rings (SSSR count). The molecule has 1 aliphatic carbocycles. The van der Waals surface area contributed by atoms with Crippen molar-refractivity contribution < 1.29 is 26.7 Å². The van der Waals surface area contributed by atoms with Crippen molar-refractivity contribution in [3.05, 3.63) is 0 Å². The molecule has 2 unspecified atom stereocenters. The van der Waals surface area contributed by atoms with Crippen LogP contribution in [0, 0.1) is 11.3 Å². The first-order valence-corrected chi connectivity index (χ1v) is 6.35. The monoisotopic (exact) mass is 285 g/mol. The summed E-state index contributed by atoms with van der Waals surface area (Å²) in [5.41, 5.74) is -2.37. The van der Waals surface area contributed by atoms with E-state index in [-0.39, 0.29) is 25.8 Å². The van der Waals surface area contributed by atoms with Gasteiger partial charge >= 0.3 is 6.18 Å². The van der Waals surface area contributed by atoms with Crippen LogP contribution in [-0.4, -0.2) is 31.0 Å². The van der Waals surface area contributed by atoms with Gasteiger partial charge in [0.05, 0.1) is 0 Å². The van der Waals surface area contributed by atoms with Gasteiger partial charge in [-0.05, 0) is 25.3 Å². The van der Waals surface area contributed by atoms with Crippen molar-refractivity contribution in [3.63, 3.8) is 0 Å². The number of rotatable bonds is 3. The summed E-state index contributed by atoms with van der Waals surface area (Å²) in [5, 5.41) is 2.55. The average molecular weight is 285 g/mol. The van der Waals surface area contributed by atoms with Crippen LogP contribution in [-0.2, 0) is 4.79 Å². The maximum atomic E-state index is 13.1. The van der Waals surface area contributed by atoms with Gasteiger partial charge < -0.3 is 5.32 Å². The Morgan fingerprint density at radius 3 is 2.37 bits per heavy atom. The standard InChI is InChI=1S/C12H16F5NO/c13-11(14)2-1-8(6-11)5-9(19)10(12(15,16)17)3-4-18-7-10/h8,18H,1-7H2. The van der Waals surface area contributed by atoms with Gasteiger partial charge in [0.2, 0.25) is 5.92 Å². The topological polar surface area (TPSA) is 29.1 Å². The third-order valence-electron chi connectivity index (χ3n) is 4.21. The summed E-state index contributed by atoms with van der Waals surface area (Å²) in [5.74, 6) is -4.39. The SMILES string of the molecule is O=C(CC1CCC(F)(F)C1)C1(C(F)(F)F)CCNC1. The zero-order chi connectivity index (χ0) is 14.3. The predicted molar refractivity (Wildman–Crippen MR) is 57.9 cm³/mol. The van der Waals surface area contributed by atoms with E-state index in [1.165, 1.54) is 0 Å². The number of Topliss-reactive ketones (excluding diaryl/α,β-unsaturated/α-hetero) is 1. The molecule has 0 aromatic carbocycles. The molecule has 0 bridgehead atoms. The molecule has 1 N–H and O–H groups in total. The van der Waals surface area contributed by atoms with Gasteiger partial charge in [0.25, 0.3) is 0 Å². The lowest BCUT2D eigenvalue weighted by Gasteiger charge is -2.30. The van der Waals surface area contributed by atoms with E-state index in [2.05, 4.69) is 5.32 Å². The van der Waals surface area contributed by atoms with Crippen molar-refractivity contribution in [2.45, 2.75) is 44.2 Å². The lowest BCUT2D eigenvalue weighted by Crippen LogP contribution is -2.47.